The third-order valence-electron chi connectivity index (χ3n) is 3.89. The summed E-state index contributed by atoms with van der Waals surface area (Å²) in [6.07, 6.45) is 2.11. The highest BCUT2D eigenvalue weighted by Gasteiger charge is 2.28. The molecule has 2 N–H and O–H groups in total. The van der Waals surface area contributed by atoms with Gasteiger partial charge in [0.2, 0.25) is 0 Å². The molecule has 1 heterocycles. The summed E-state index contributed by atoms with van der Waals surface area (Å²) in [4.78, 5) is 14.2. The molecule has 104 valence electrons. The molecule has 0 aliphatic carbocycles. The van der Waals surface area contributed by atoms with Crippen LogP contribution in [-0.4, -0.2) is 39.7 Å². The molecule has 1 atom stereocenters. The quantitative estimate of drug-likeness (QED) is 0.815. The van der Waals surface area contributed by atoms with Gasteiger partial charge in [0.05, 0.1) is 5.60 Å². The zero-order valence-corrected chi connectivity index (χ0v) is 11.5. The van der Waals surface area contributed by atoms with Crippen molar-refractivity contribution in [3.8, 4) is 5.75 Å². The van der Waals surface area contributed by atoms with Crippen molar-refractivity contribution < 1.29 is 15.0 Å². The highest BCUT2D eigenvalue weighted by molar-refractivity contribution is 5.96. The van der Waals surface area contributed by atoms with Gasteiger partial charge in [-0.25, -0.2) is 0 Å². The first-order valence-electron chi connectivity index (χ1n) is 6.71. The second-order valence-corrected chi connectivity index (χ2v) is 5.59. The summed E-state index contributed by atoms with van der Waals surface area (Å²) in [5.74, 6) is 0.0822. The minimum absolute atomic E-state index is 0.0638. The number of phenolic OH excluding ortho intramolecular Hbond substituents is 1. The summed E-state index contributed by atoms with van der Waals surface area (Å²) < 4.78 is 0. The molecule has 1 amide bonds. The first-order chi connectivity index (χ1) is 8.91. The van der Waals surface area contributed by atoms with Crippen molar-refractivity contribution >= 4 is 5.91 Å². The van der Waals surface area contributed by atoms with Crippen molar-refractivity contribution in [3.63, 3.8) is 0 Å². The monoisotopic (exact) mass is 263 g/mol. The summed E-state index contributed by atoms with van der Waals surface area (Å²) >= 11 is 0. The van der Waals surface area contributed by atoms with E-state index in [1.54, 1.807) is 30.0 Å². The van der Waals surface area contributed by atoms with Crippen LogP contribution in [0.2, 0.25) is 0 Å². The summed E-state index contributed by atoms with van der Waals surface area (Å²) in [6.45, 7) is 4.78. The number of amides is 1. The Labute approximate surface area is 113 Å². The number of phenols is 1. The first-order valence-corrected chi connectivity index (χ1v) is 6.71. The lowest BCUT2D eigenvalue weighted by atomic mass is 9.98. The SMILES string of the molecule is Cc1c(O)cccc1C(=O)N1CCCC(C)(O)CC1. The largest absolute Gasteiger partial charge is 0.508 e. The van der Waals surface area contributed by atoms with Crippen LogP contribution in [0.25, 0.3) is 0 Å². The molecular formula is C15H21NO3. The number of carbonyl (C=O) groups is 1. The maximum absolute atomic E-state index is 12.5. The zero-order valence-electron chi connectivity index (χ0n) is 11.5. The van der Waals surface area contributed by atoms with Crippen LogP contribution < -0.4 is 0 Å². The molecule has 0 spiro atoms. The third kappa shape index (κ3) is 3.07. The number of aliphatic hydroxyl groups is 1. The van der Waals surface area contributed by atoms with Crippen LogP contribution in [0.1, 0.15) is 42.1 Å². The van der Waals surface area contributed by atoms with E-state index in [2.05, 4.69) is 0 Å². The van der Waals surface area contributed by atoms with Crippen LogP contribution in [0.15, 0.2) is 18.2 Å². The number of nitrogens with zero attached hydrogens (tertiary/aromatic N) is 1. The van der Waals surface area contributed by atoms with Crippen molar-refractivity contribution in [1.82, 2.24) is 4.90 Å². The van der Waals surface area contributed by atoms with E-state index in [-0.39, 0.29) is 11.7 Å². The minimum atomic E-state index is -0.678. The van der Waals surface area contributed by atoms with Crippen LogP contribution in [0, 0.1) is 6.92 Å². The maximum atomic E-state index is 12.5. The Hall–Kier alpha value is -1.55. The Morgan fingerprint density at radius 2 is 2.05 bits per heavy atom. The van der Waals surface area contributed by atoms with Crippen LogP contribution in [0.3, 0.4) is 0 Å². The Morgan fingerprint density at radius 3 is 2.79 bits per heavy atom. The fraction of sp³-hybridized carbons (Fsp3) is 0.533. The van der Waals surface area contributed by atoms with Crippen molar-refractivity contribution in [3.05, 3.63) is 29.3 Å². The Kier molecular flexibility index (Phi) is 3.80. The van der Waals surface area contributed by atoms with E-state index in [9.17, 15) is 15.0 Å². The Morgan fingerprint density at radius 1 is 1.32 bits per heavy atom. The van der Waals surface area contributed by atoms with E-state index < -0.39 is 5.60 Å². The van der Waals surface area contributed by atoms with Crippen LogP contribution in [0.5, 0.6) is 5.75 Å². The lowest BCUT2D eigenvalue weighted by molar-refractivity contribution is 0.0438. The lowest BCUT2D eigenvalue weighted by Gasteiger charge is -2.23. The number of aromatic hydroxyl groups is 1. The number of hydrogen-bond donors (Lipinski definition) is 2. The molecule has 1 aromatic carbocycles. The number of hydrogen-bond acceptors (Lipinski definition) is 3. The van der Waals surface area contributed by atoms with Gasteiger partial charge in [-0.1, -0.05) is 6.07 Å². The molecule has 1 saturated heterocycles. The molecule has 1 fully saturated rings. The molecular weight excluding hydrogens is 242 g/mol. The van der Waals surface area contributed by atoms with Gasteiger partial charge in [0, 0.05) is 24.2 Å². The smallest absolute Gasteiger partial charge is 0.254 e. The molecule has 4 heteroatoms. The maximum Gasteiger partial charge on any atom is 0.254 e. The fourth-order valence-corrected chi connectivity index (χ4v) is 2.49. The van der Waals surface area contributed by atoms with Gasteiger partial charge in [0.15, 0.2) is 0 Å². The number of rotatable bonds is 1. The van der Waals surface area contributed by atoms with E-state index in [1.807, 2.05) is 6.92 Å². The van der Waals surface area contributed by atoms with Gasteiger partial charge in [-0.15, -0.1) is 0 Å². The molecule has 1 aliphatic heterocycles. The second-order valence-electron chi connectivity index (χ2n) is 5.59. The number of benzene rings is 1. The van der Waals surface area contributed by atoms with Crippen molar-refractivity contribution in [2.75, 3.05) is 13.1 Å². The van der Waals surface area contributed by atoms with Gasteiger partial charge in [-0.05, 0) is 45.2 Å². The minimum Gasteiger partial charge on any atom is -0.508 e. The molecule has 2 rings (SSSR count). The predicted molar refractivity (Wildman–Crippen MR) is 73.2 cm³/mol. The van der Waals surface area contributed by atoms with Gasteiger partial charge < -0.3 is 15.1 Å². The summed E-state index contributed by atoms with van der Waals surface area (Å²) in [7, 11) is 0. The van der Waals surface area contributed by atoms with Crippen LogP contribution in [-0.2, 0) is 0 Å². The number of carbonyl (C=O) groups excluding carboxylic acids is 1. The van der Waals surface area contributed by atoms with E-state index >= 15 is 0 Å². The van der Waals surface area contributed by atoms with Gasteiger partial charge in [-0.2, -0.15) is 0 Å². The summed E-state index contributed by atoms with van der Waals surface area (Å²) in [6, 6.07) is 5.00. The van der Waals surface area contributed by atoms with E-state index in [0.717, 1.165) is 12.8 Å². The molecule has 0 aromatic heterocycles. The van der Waals surface area contributed by atoms with Gasteiger partial charge in [-0.3, -0.25) is 4.79 Å². The van der Waals surface area contributed by atoms with Crippen LogP contribution >= 0.6 is 0 Å². The second kappa shape index (κ2) is 5.21. The molecule has 0 radical (unpaired) electrons. The average molecular weight is 263 g/mol. The first kappa shape index (κ1) is 13.9. The predicted octanol–water partition coefficient (Wildman–Crippen LogP) is 2.08. The van der Waals surface area contributed by atoms with E-state index in [4.69, 9.17) is 0 Å². The van der Waals surface area contributed by atoms with Crippen molar-refractivity contribution in [2.45, 2.75) is 38.7 Å². The van der Waals surface area contributed by atoms with Crippen LogP contribution in [0.4, 0.5) is 0 Å². The topological polar surface area (TPSA) is 60.8 Å². The molecule has 4 nitrogen and oxygen atoms in total. The van der Waals surface area contributed by atoms with Crippen molar-refractivity contribution in [1.29, 1.82) is 0 Å². The highest BCUT2D eigenvalue weighted by atomic mass is 16.3. The molecule has 1 aromatic rings. The average Bonchev–Trinajstić information content (AvgIpc) is 2.53. The Balaban J connectivity index is 2.18. The van der Waals surface area contributed by atoms with E-state index in [0.29, 0.717) is 30.6 Å². The molecule has 0 saturated carbocycles. The van der Waals surface area contributed by atoms with Gasteiger partial charge in [0.25, 0.3) is 5.91 Å². The molecule has 19 heavy (non-hydrogen) atoms. The normalized spacial score (nSPS) is 24.1. The lowest BCUT2D eigenvalue weighted by Crippen LogP contribution is -2.33. The van der Waals surface area contributed by atoms with Gasteiger partial charge >= 0.3 is 0 Å². The standard InChI is InChI=1S/C15H21NO3/c1-11-12(5-3-6-13(11)17)14(18)16-9-4-7-15(2,19)8-10-16/h3,5-6,17,19H,4,7-10H2,1-2H3. The Bertz CT molecular complexity index is 482. The number of likely N-dealkylation sites (tertiary alicyclic amines) is 1. The third-order valence-corrected chi connectivity index (χ3v) is 3.89. The zero-order chi connectivity index (χ0) is 14.0. The van der Waals surface area contributed by atoms with Crippen molar-refractivity contribution in [2.24, 2.45) is 0 Å². The fourth-order valence-electron chi connectivity index (χ4n) is 2.49. The summed E-state index contributed by atoms with van der Waals surface area (Å²) in [5.41, 5.74) is 0.480. The van der Waals surface area contributed by atoms with E-state index in [1.165, 1.54) is 0 Å². The molecule has 1 aliphatic rings. The summed E-state index contributed by atoms with van der Waals surface area (Å²) in [5, 5.41) is 19.7. The van der Waals surface area contributed by atoms with Gasteiger partial charge in [0.1, 0.15) is 5.75 Å². The molecule has 0 bridgehead atoms. The molecule has 1 unspecified atom stereocenters. The highest BCUT2D eigenvalue weighted by Crippen LogP contribution is 2.25.